The van der Waals surface area contributed by atoms with Crippen LogP contribution < -0.4 is 5.56 Å². The van der Waals surface area contributed by atoms with Gasteiger partial charge < -0.3 is 24.3 Å². The average molecular weight is 529 g/mol. The average Bonchev–Trinajstić information content (AvgIpc) is 3.24. The van der Waals surface area contributed by atoms with Crippen molar-refractivity contribution in [2.24, 2.45) is 0 Å². The van der Waals surface area contributed by atoms with Crippen LogP contribution >= 0.6 is 11.6 Å². The Labute approximate surface area is 216 Å². The summed E-state index contributed by atoms with van der Waals surface area (Å²) in [5.41, 5.74) is 1.42. The number of cyclic esters (lactones) is 1. The summed E-state index contributed by atoms with van der Waals surface area (Å²) in [5, 5.41) is 21.2. The van der Waals surface area contributed by atoms with Crippen LogP contribution in [-0.2, 0) is 44.9 Å². The lowest BCUT2D eigenvalue weighted by molar-refractivity contribution is -0.172. The maximum Gasteiger partial charge on any atom is 0.343 e. The van der Waals surface area contributed by atoms with Gasteiger partial charge in [-0.25, -0.2) is 14.2 Å². The molecule has 6 rings (SSSR count). The van der Waals surface area contributed by atoms with Crippen LogP contribution in [0.15, 0.2) is 16.9 Å². The minimum absolute atomic E-state index is 0.0400. The lowest BCUT2D eigenvalue weighted by atomic mass is 9.70. The zero-order valence-corrected chi connectivity index (χ0v) is 21.2. The van der Waals surface area contributed by atoms with Gasteiger partial charge in [0.2, 0.25) is 0 Å². The highest BCUT2D eigenvalue weighted by Gasteiger charge is 2.46. The SMILES string of the molecule is CC[C@@]1(O)C(=O)OCc2c1cc1n(c2=O)Cc2c-1nc1cc(F)c(Cl)c3c1c2C(C)(COCCO)CC3. The molecule has 4 heterocycles. The highest BCUT2D eigenvalue weighted by atomic mass is 35.5. The molecule has 3 aliphatic rings. The van der Waals surface area contributed by atoms with Crippen LogP contribution in [0, 0.1) is 5.82 Å². The van der Waals surface area contributed by atoms with Crippen molar-refractivity contribution in [1.82, 2.24) is 9.55 Å². The van der Waals surface area contributed by atoms with E-state index in [4.69, 9.17) is 26.1 Å². The molecule has 0 radical (unpaired) electrons. The van der Waals surface area contributed by atoms with E-state index in [1.165, 1.54) is 6.07 Å². The van der Waals surface area contributed by atoms with Crippen molar-refractivity contribution in [3.8, 4) is 11.4 Å². The number of carbonyl (C=O) groups is 1. The summed E-state index contributed by atoms with van der Waals surface area (Å²) in [5.74, 6) is -1.35. The number of aliphatic hydroxyl groups excluding tert-OH is 1. The molecule has 0 saturated heterocycles. The van der Waals surface area contributed by atoms with E-state index >= 15 is 0 Å². The second-order valence-corrected chi connectivity index (χ2v) is 10.7. The number of aliphatic hydroxyl groups is 2. The largest absolute Gasteiger partial charge is 0.458 e. The van der Waals surface area contributed by atoms with Crippen molar-refractivity contribution in [3.05, 3.63) is 61.1 Å². The number of pyridine rings is 2. The van der Waals surface area contributed by atoms with Crippen molar-refractivity contribution in [2.75, 3.05) is 19.8 Å². The van der Waals surface area contributed by atoms with E-state index in [0.29, 0.717) is 41.9 Å². The molecule has 0 spiro atoms. The third kappa shape index (κ3) is 3.27. The molecule has 2 aliphatic heterocycles. The molecule has 1 aliphatic carbocycles. The first-order valence-electron chi connectivity index (χ1n) is 12.3. The molecule has 194 valence electrons. The van der Waals surface area contributed by atoms with Gasteiger partial charge in [-0.2, -0.15) is 0 Å². The lowest BCUT2D eigenvalue weighted by Crippen LogP contribution is -2.44. The summed E-state index contributed by atoms with van der Waals surface area (Å²) < 4.78 is 27.4. The Kier molecular flexibility index (Phi) is 5.51. The van der Waals surface area contributed by atoms with Gasteiger partial charge in [0.15, 0.2) is 5.60 Å². The molecule has 2 aromatic heterocycles. The number of hydrogen-bond acceptors (Lipinski definition) is 7. The number of ether oxygens (including phenoxy) is 2. The van der Waals surface area contributed by atoms with Crippen LogP contribution in [0.25, 0.3) is 22.3 Å². The van der Waals surface area contributed by atoms with E-state index in [2.05, 4.69) is 6.92 Å². The number of nitrogens with zero attached hydrogens (tertiary/aromatic N) is 2. The fourth-order valence-electron chi connectivity index (χ4n) is 6.20. The number of aryl methyl sites for hydroxylation is 1. The molecule has 0 fully saturated rings. The molecule has 1 aromatic carbocycles. The van der Waals surface area contributed by atoms with Crippen LogP contribution in [0.3, 0.4) is 0 Å². The Balaban J connectivity index is 1.66. The third-order valence-corrected chi connectivity index (χ3v) is 8.56. The molecule has 1 unspecified atom stereocenters. The zero-order valence-electron chi connectivity index (χ0n) is 20.5. The Hall–Kier alpha value is -2.85. The first kappa shape index (κ1) is 24.5. The van der Waals surface area contributed by atoms with Gasteiger partial charge in [-0.15, -0.1) is 0 Å². The summed E-state index contributed by atoms with van der Waals surface area (Å²) in [4.78, 5) is 30.9. The summed E-state index contributed by atoms with van der Waals surface area (Å²) in [7, 11) is 0. The molecular formula is C27H26ClFN2O6. The van der Waals surface area contributed by atoms with Gasteiger partial charge in [0.25, 0.3) is 5.56 Å². The molecule has 10 heteroatoms. The Bertz CT molecular complexity index is 1570. The van der Waals surface area contributed by atoms with Crippen molar-refractivity contribution in [2.45, 2.75) is 57.3 Å². The van der Waals surface area contributed by atoms with Crippen molar-refractivity contribution >= 4 is 28.5 Å². The zero-order chi connectivity index (χ0) is 26.3. The molecule has 0 bridgehead atoms. The number of hydrogen-bond donors (Lipinski definition) is 2. The Morgan fingerprint density at radius 2 is 2.05 bits per heavy atom. The monoisotopic (exact) mass is 528 g/mol. The van der Waals surface area contributed by atoms with Crippen molar-refractivity contribution < 1.29 is 28.9 Å². The third-order valence-electron chi connectivity index (χ3n) is 8.15. The second-order valence-electron chi connectivity index (χ2n) is 10.3. The van der Waals surface area contributed by atoms with Crippen molar-refractivity contribution in [3.63, 3.8) is 0 Å². The van der Waals surface area contributed by atoms with Gasteiger partial charge >= 0.3 is 5.97 Å². The molecular weight excluding hydrogens is 503 g/mol. The first-order chi connectivity index (χ1) is 17.6. The number of carbonyl (C=O) groups excluding carboxylic acids is 1. The van der Waals surface area contributed by atoms with Crippen LogP contribution in [0.5, 0.6) is 0 Å². The molecule has 2 atom stereocenters. The maximum atomic E-state index is 14.9. The molecule has 37 heavy (non-hydrogen) atoms. The smallest absolute Gasteiger partial charge is 0.343 e. The van der Waals surface area contributed by atoms with Crippen LogP contribution in [0.1, 0.15) is 54.5 Å². The number of benzene rings is 1. The Morgan fingerprint density at radius 1 is 1.27 bits per heavy atom. The lowest BCUT2D eigenvalue weighted by Gasteiger charge is -2.37. The highest BCUT2D eigenvalue weighted by molar-refractivity contribution is 6.32. The number of fused-ring (bicyclic) bond motifs is 5. The van der Waals surface area contributed by atoms with Gasteiger partial charge in [0, 0.05) is 28.0 Å². The second kappa shape index (κ2) is 8.33. The van der Waals surface area contributed by atoms with Crippen molar-refractivity contribution in [1.29, 1.82) is 0 Å². The molecule has 0 saturated carbocycles. The quantitative estimate of drug-likeness (QED) is 0.302. The van der Waals surface area contributed by atoms with Crippen LogP contribution in [-0.4, -0.2) is 45.6 Å². The molecule has 3 aromatic rings. The number of rotatable bonds is 5. The van der Waals surface area contributed by atoms with Gasteiger partial charge in [0.1, 0.15) is 12.4 Å². The fraction of sp³-hybridized carbons (Fsp3) is 0.444. The number of aromatic nitrogens is 2. The van der Waals surface area contributed by atoms with E-state index < -0.39 is 22.8 Å². The number of esters is 1. The van der Waals surface area contributed by atoms with Gasteiger partial charge in [-0.1, -0.05) is 25.4 Å². The van der Waals surface area contributed by atoms with E-state index in [1.807, 2.05) is 0 Å². The van der Waals surface area contributed by atoms with E-state index in [9.17, 15) is 24.2 Å². The van der Waals surface area contributed by atoms with Crippen LogP contribution in [0.2, 0.25) is 5.02 Å². The van der Waals surface area contributed by atoms with Gasteiger partial charge in [-0.3, -0.25) is 4.79 Å². The van der Waals surface area contributed by atoms with E-state index in [1.54, 1.807) is 17.6 Å². The topological polar surface area (TPSA) is 111 Å². The van der Waals surface area contributed by atoms with Crippen LogP contribution in [0.4, 0.5) is 4.39 Å². The normalized spacial score (nSPS) is 23.6. The first-order valence-corrected chi connectivity index (χ1v) is 12.7. The summed E-state index contributed by atoms with van der Waals surface area (Å²) >= 11 is 6.41. The Morgan fingerprint density at radius 3 is 2.78 bits per heavy atom. The summed E-state index contributed by atoms with van der Waals surface area (Å²) in [6.07, 6.45) is 1.20. The van der Waals surface area contributed by atoms with Gasteiger partial charge in [0.05, 0.1) is 53.9 Å². The minimum atomic E-state index is -1.93. The fourth-order valence-corrected chi connectivity index (χ4v) is 6.44. The molecule has 0 amide bonds. The maximum absolute atomic E-state index is 14.9. The van der Waals surface area contributed by atoms with E-state index in [0.717, 1.165) is 16.5 Å². The highest BCUT2D eigenvalue weighted by Crippen LogP contribution is 2.49. The predicted molar refractivity (Wildman–Crippen MR) is 133 cm³/mol. The number of halogens is 2. The van der Waals surface area contributed by atoms with Gasteiger partial charge in [-0.05, 0) is 36.5 Å². The van der Waals surface area contributed by atoms with E-state index in [-0.39, 0.29) is 54.5 Å². The molecule has 8 nitrogen and oxygen atoms in total. The standard InChI is InChI=1S/C27H26ClFN2O6/c1-3-27(35)16-8-19-23-14(10-31(19)24(33)15(16)11-37-25(27)34)21-20-13(22(28)17(29)9-18(20)30-23)4-5-26(21,2)12-36-7-6-32/h8-9,32,35H,3-7,10-12H2,1-2H3/t26?,27-/m0/s1. The summed E-state index contributed by atoms with van der Waals surface area (Å²) in [6.45, 7) is 4.09. The minimum Gasteiger partial charge on any atom is -0.458 e. The molecule has 2 N–H and O–H groups in total. The summed E-state index contributed by atoms with van der Waals surface area (Å²) in [6, 6.07) is 2.96. The predicted octanol–water partition coefficient (Wildman–Crippen LogP) is 3.08.